The Labute approximate surface area is 185 Å². The van der Waals surface area contributed by atoms with Crippen molar-refractivity contribution in [1.29, 1.82) is 0 Å². The Kier molecular flexibility index (Phi) is 11.1. The number of nitrogens with one attached hydrogen (secondary N) is 2. The summed E-state index contributed by atoms with van der Waals surface area (Å²) in [5.41, 5.74) is 0.157. The Hall–Kier alpha value is 0.110. The van der Waals surface area contributed by atoms with Crippen molar-refractivity contribution in [3.05, 3.63) is 0 Å². The van der Waals surface area contributed by atoms with Crippen LogP contribution in [0, 0.1) is 11.3 Å². The minimum atomic E-state index is -0.690. The summed E-state index contributed by atoms with van der Waals surface area (Å²) in [7, 11) is 1.14. The zero-order chi connectivity index (χ0) is 19.2. The van der Waals surface area contributed by atoms with Gasteiger partial charge in [-0.05, 0) is 37.5 Å². The first kappa shape index (κ1) is 25.1. The van der Waals surface area contributed by atoms with Gasteiger partial charge in [0.1, 0.15) is 0 Å². The molecule has 7 heteroatoms. The Morgan fingerprint density at radius 2 is 1.96 bits per heavy atom. The largest absolute Gasteiger partial charge is 0.377 e. The molecule has 1 heterocycles. The van der Waals surface area contributed by atoms with Crippen LogP contribution in [0.2, 0.25) is 0 Å². The molecule has 0 aromatic heterocycles. The van der Waals surface area contributed by atoms with Crippen LogP contribution in [0.3, 0.4) is 0 Å². The van der Waals surface area contributed by atoms with Crippen LogP contribution in [-0.2, 0) is 15.5 Å². The van der Waals surface area contributed by atoms with Crippen LogP contribution in [-0.4, -0.2) is 53.5 Å². The zero-order valence-electron chi connectivity index (χ0n) is 17.8. The lowest BCUT2D eigenvalue weighted by atomic mass is 9.78. The van der Waals surface area contributed by atoms with Gasteiger partial charge in [0.25, 0.3) is 0 Å². The fourth-order valence-electron chi connectivity index (χ4n) is 4.38. The van der Waals surface area contributed by atoms with Gasteiger partial charge in [0.05, 0.1) is 6.10 Å². The van der Waals surface area contributed by atoms with Gasteiger partial charge in [-0.3, -0.25) is 9.20 Å². The molecule has 1 saturated heterocycles. The average molecular weight is 514 g/mol. The third kappa shape index (κ3) is 7.80. The molecular formula is C20H40IN3O2S. The van der Waals surface area contributed by atoms with Gasteiger partial charge in [0.2, 0.25) is 0 Å². The van der Waals surface area contributed by atoms with Crippen LogP contribution < -0.4 is 10.6 Å². The quantitative estimate of drug-likeness (QED) is 0.335. The van der Waals surface area contributed by atoms with E-state index in [9.17, 15) is 4.21 Å². The molecule has 0 spiro atoms. The molecule has 0 aromatic carbocycles. The van der Waals surface area contributed by atoms with Crippen molar-refractivity contribution < 1.29 is 8.95 Å². The summed E-state index contributed by atoms with van der Waals surface area (Å²) in [6.07, 6.45) is 6.98. The number of hydrogen-bond donors (Lipinski definition) is 2. The maximum Gasteiger partial charge on any atom is 0.191 e. The van der Waals surface area contributed by atoms with Crippen molar-refractivity contribution >= 4 is 40.7 Å². The lowest BCUT2D eigenvalue weighted by Gasteiger charge is -2.40. The molecular weight excluding hydrogens is 473 g/mol. The van der Waals surface area contributed by atoms with Gasteiger partial charge in [0.15, 0.2) is 5.96 Å². The Morgan fingerprint density at radius 1 is 1.22 bits per heavy atom. The number of halogens is 1. The summed E-state index contributed by atoms with van der Waals surface area (Å²) < 4.78 is 18.2. The summed E-state index contributed by atoms with van der Waals surface area (Å²) in [5, 5.41) is 7.44. The molecule has 2 fully saturated rings. The third-order valence-corrected chi connectivity index (χ3v) is 7.42. The highest BCUT2D eigenvalue weighted by Crippen LogP contribution is 2.33. The van der Waals surface area contributed by atoms with Gasteiger partial charge in [-0.1, -0.05) is 34.1 Å². The van der Waals surface area contributed by atoms with Crippen LogP contribution in [0.25, 0.3) is 0 Å². The monoisotopic (exact) mass is 513 g/mol. The van der Waals surface area contributed by atoms with E-state index in [1.165, 1.54) is 6.42 Å². The molecule has 0 bridgehead atoms. The van der Waals surface area contributed by atoms with E-state index in [4.69, 9.17) is 4.74 Å². The minimum absolute atomic E-state index is 0. The lowest BCUT2D eigenvalue weighted by Crippen LogP contribution is -2.50. The molecule has 5 unspecified atom stereocenters. The van der Waals surface area contributed by atoms with Crippen molar-refractivity contribution in [2.75, 3.05) is 26.0 Å². The third-order valence-electron chi connectivity index (χ3n) is 5.68. The number of hydrogen-bond acceptors (Lipinski definition) is 3. The number of aliphatic imine (C=N–C) groups is 1. The molecule has 1 saturated carbocycles. The molecule has 2 N–H and O–H groups in total. The van der Waals surface area contributed by atoms with Gasteiger partial charge in [-0.2, -0.15) is 0 Å². The second kappa shape index (κ2) is 12.0. The van der Waals surface area contributed by atoms with E-state index in [0.717, 1.165) is 57.0 Å². The number of rotatable bonds is 5. The van der Waals surface area contributed by atoms with Crippen molar-refractivity contribution in [1.82, 2.24) is 10.6 Å². The Morgan fingerprint density at radius 3 is 2.59 bits per heavy atom. The molecule has 0 amide bonds. The summed E-state index contributed by atoms with van der Waals surface area (Å²) in [6.45, 7) is 10.6. The van der Waals surface area contributed by atoms with Gasteiger partial charge in [-0.25, -0.2) is 0 Å². The van der Waals surface area contributed by atoms with Gasteiger partial charge >= 0.3 is 0 Å². The molecule has 160 valence electrons. The van der Waals surface area contributed by atoms with Crippen LogP contribution in [0.5, 0.6) is 0 Å². The standard InChI is InChI=1S/C20H39N3O2S.HI/c1-6-26(24)17-11-7-10-16(13-17)23-19(21-5)22-14-15-9-8-12-25-18(15)20(2,3)4;/h15-18H,6-14H2,1-5H3,(H2,21,22,23);1H. The molecule has 1 aliphatic carbocycles. The molecule has 27 heavy (non-hydrogen) atoms. The molecule has 2 aliphatic rings. The van der Waals surface area contributed by atoms with E-state index >= 15 is 0 Å². The van der Waals surface area contributed by atoms with E-state index in [0.29, 0.717) is 17.2 Å². The summed E-state index contributed by atoms with van der Waals surface area (Å²) in [5.74, 6) is 2.14. The van der Waals surface area contributed by atoms with Crippen molar-refractivity contribution in [3.8, 4) is 0 Å². The SMILES string of the molecule is CCS(=O)C1CCCC(NC(=NC)NCC2CCCOC2C(C)(C)C)C1.I. The van der Waals surface area contributed by atoms with E-state index in [1.54, 1.807) is 0 Å². The van der Waals surface area contributed by atoms with Crippen molar-refractivity contribution in [3.63, 3.8) is 0 Å². The van der Waals surface area contributed by atoms with E-state index in [1.807, 2.05) is 14.0 Å². The minimum Gasteiger partial charge on any atom is -0.377 e. The molecule has 0 aromatic rings. The maximum absolute atomic E-state index is 12.2. The Bertz CT molecular complexity index is 496. The van der Waals surface area contributed by atoms with E-state index in [-0.39, 0.29) is 35.5 Å². The normalized spacial score (nSPS) is 30.9. The molecule has 0 radical (unpaired) electrons. The molecule has 5 atom stereocenters. The summed E-state index contributed by atoms with van der Waals surface area (Å²) in [4.78, 5) is 4.42. The van der Waals surface area contributed by atoms with Gasteiger partial charge in [-0.15, -0.1) is 24.0 Å². The number of nitrogens with zero attached hydrogens (tertiary/aromatic N) is 1. The van der Waals surface area contributed by atoms with Crippen LogP contribution >= 0.6 is 24.0 Å². The highest BCUT2D eigenvalue weighted by molar-refractivity contribution is 14.0. The van der Waals surface area contributed by atoms with Crippen molar-refractivity contribution in [2.45, 2.75) is 83.6 Å². The zero-order valence-corrected chi connectivity index (χ0v) is 20.9. The fourth-order valence-corrected chi connectivity index (χ4v) is 5.72. The molecule has 2 rings (SSSR count). The van der Waals surface area contributed by atoms with E-state index in [2.05, 4.69) is 36.4 Å². The first-order valence-electron chi connectivity index (χ1n) is 10.3. The first-order chi connectivity index (χ1) is 12.3. The topological polar surface area (TPSA) is 62.7 Å². The van der Waals surface area contributed by atoms with Crippen LogP contribution in [0.4, 0.5) is 0 Å². The average Bonchev–Trinajstić information content (AvgIpc) is 2.64. The Balaban J connectivity index is 0.00000364. The number of ether oxygens (including phenoxy) is 1. The fraction of sp³-hybridized carbons (Fsp3) is 0.950. The number of guanidine groups is 1. The smallest absolute Gasteiger partial charge is 0.191 e. The molecule has 1 aliphatic heterocycles. The second-order valence-corrected chi connectivity index (χ2v) is 10.8. The van der Waals surface area contributed by atoms with Crippen LogP contribution in [0.15, 0.2) is 4.99 Å². The highest BCUT2D eigenvalue weighted by atomic mass is 127. The van der Waals surface area contributed by atoms with E-state index < -0.39 is 10.8 Å². The van der Waals surface area contributed by atoms with Crippen LogP contribution in [0.1, 0.15) is 66.2 Å². The predicted octanol–water partition coefficient (Wildman–Crippen LogP) is 3.69. The maximum atomic E-state index is 12.2. The lowest BCUT2D eigenvalue weighted by molar-refractivity contribution is -0.0835. The first-order valence-corrected chi connectivity index (χ1v) is 11.7. The summed E-state index contributed by atoms with van der Waals surface area (Å²) in [6, 6.07) is 0.372. The van der Waals surface area contributed by atoms with Gasteiger partial charge < -0.3 is 15.4 Å². The van der Waals surface area contributed by atoms with Crippen molar-refractivity contribution in [2.24, 2.45) is 16.3 Å². The highest BCUT2D eigenvalue weighted by Gasteiger charge is 2.35. The summed E-state index contributed by atoms with van der Waals surface area (Å²) >= 11 is 0. The molecule has 5 nitrogen and oxygen atoms in total. The van der Waals surface area contributed by atoms with Gasteiger partial charge in [0, 0.05) is 54.0 Å². The second-order valence-electron chi connectivity index (χ2n) is 8.81. The predicted molar refractivity (Wildman–Crippen MR) is 127 cm³/mol.